The number of aliphatic hydroxyl groups is 18. The number of hydrogen-bond donors (Lipinski definition) is 19. The number of carbonyl (C=O) groups excluding carboxylic acids is 2. The zero-order valence-electron chi connectivity index (χ0n) is 60.5. The van der Waals surface area contributed by atoms with Gasteiger partial charge in [-0.25, -0.2) is 4.79 Å². The fourth-order valence-electron chi connectivity index (χ4n) is 20.2. The highest BCUT2D eigenvalue weighted by atomic mass is 16.8. The lowest BCUT2D eigenvalue weighted by Crippen LogP contribution is -2.69. The Morgan fingerprint density at radius 1 is 0.491 bits per heavy atom. The minimum atomic E-state index is -2.23. The number of fused-ring (bicyclic) bond motifs is 7. The molecule has 36 nitrogen and oxygen atoms in total. The topological polar surface area (TPSA) is 565 Å². The van der Waals surface area contributed by atoms with Crippen LogP contribution in [0.15, 0.2) is 11.6 Å². The lowest BCUT2D eigenvalue weighted by atomic mass is 9.33. The zero-order valence-corrected chi connectivity index (χ0v) is 60.5. The maximum atomic E-state index is 15.8. The van der Waals surface area contributed by atoms with Crippen LogP contribution >= 0.6 is 0 Å². The molecule has 5 aliphatic carbocycles. The van der Waals surface area contributed by atoms with Crippen LogP contribution in [0.2, 0.25) is 0 Å². The van der Waals surface area contributed by atoms with Crippen LogP contribution in [0.3, 0.4) is 0 Å². The second-order valence-corrected chi connectivity index (χ2v) is 33.6. The molecule has 106 heavy (non-hydrogen) atoms. The maximum absolute atomic E-state index is 15.8. The summed E-state index contributed by atoms with van der Waals surface area (Å²) in [5.74, 6) is -4.04. The fourth-order valence-corrected chi connectivity index (χ4v) is 20.2. The van der Waals surface area contributed by atoms with Crippen molar-refractivity contribution in [2.45, 2.75) is 335 Å². The monoisotopic (exact) mass is 1530 g/mol. The first-order valence-electron chi connectivity index (χ1n) is 36.9. The molecule has 0 aromatic carbocycles. The maximum Gasteiger partial charge on any atom is 0.335 e. The molecule has 36 heteroatoms. The minimum Gasteiger partial charge on any atom is -0.479 e. The molecule has 0 unspecified atom stereocenters. The Labute approximate surface area is 610 Å². The summed E-state index contributed by atoms with van der Waals surface area (Å²) in [4.78, 5) is 43.1. The van der Waals surface area contributed by atoms with Crippen LogP contribution in [-0.2, 0) is 80.7 Å². The van der Waals surface area contributed by atoms with Gasteiger partial charge < -0.3 is 168 Å². The Kier molecular flexibility index (Phi) is 24.0. The van der Waals surface area contributed by atoms with Gasteiger partial charge in [0.15, 0.2) is 49.9 Å². The van der Waals surface area contributed by atoms with Gasteiger partial charge in [0, 0.05) is 0 Å². The van der Waals surface area contributed by atoms with Crippen molar-refractivity contribution in [1.82, 2.24) is 0 Å². The second-order valence-electron chi connectivity index (χ2n) is 33.6. The molecule has 12 aliphatic rings. The van der Waals surface area contributed by atoms with E-state index < -0.39 is 291 Å². The molecule has 606 valence electrons. The van der Waals surface area contributed by atoms with Gasteiger partial charge in [-0.1, -0.05) is 53.2 Å². The summed E-state index contributed by atoms with van der Waals surface area (Å²) in [5, 5.41) is 210. The Morgan fingerprint density at radius 2 is 1.03 bits per heavy atom. The molecule has 4 saturated carbocycles. The standard InChI is InChI=1S/C70H110O36/c1-24-36(76)40(80)45(85)59(95-24)102-52-48(88)53(56(90)91)103-63(55(52)105-61-46(86)41(81)39(79)31(20-71)98-61)99-35-13-14-66(6)32(67(35,7)23-72)12-15-68(8)33(66)11-10-27-28-18-65(4,5)16-17-70(28,34(75)19-69(27,68)9)64(92)106-62-54(42(82)37(77)25(2)96-62)104-60-47(87)43(83)50(26(3)97-60)100-58-49(89)51(30(74)22-94-58)101-57-44(84)38(78)29(73)21-93-57/h10,23-26,28-55,57-63,71,73-89H,11-22H2,1-9H3,(H,90,91)/t24-,25+,26-,28-,29+,30+,31+,32+,33+,34+,35-,36-,37-,38-,39-,40+,41-,42-,43-,44+,45+,46+,47+,48-,49+,50-,51-,52-,53-,54+,55+,57-,58-,59-,60-,61-,62-,63+,66-,67-,68+,69+,70+/m0/s1. The van der Waals surface area contributed by atoms with Crippen molar-refractivity contribution in [2.24, 2.45) is 50.2 Å². The predicted octanol–water partition coefficient (Wildman–Crippen LogP) is -5.96. The van der Waals surface area contributed by atoms with Gasteiger partial charge in [-0.2, -0.15) is 0 Å². The molecule has 12 rings (SSSR count). The molecular weight excluding hydrogens is 1420 g/mol. The quantitative estimate of drug-likeness (QED) is 0.0279. The normalized spacial score (nSPS) is 55.4. The second kappa shape index (κ2) is 30.8. The van der Waals surface area contributed by atoms with Gasteiger partial charge in [0.1, 0.15) is 140 Å². The third kappa shape index (κ3) is 14.0. The van der Waals surface area contributed by atoms with E-state index in [1.165, 1.54) is 20.8 Å². The predicted molar refractivity (Wildman–Crippen MR) is 347 cm³/mol. The number of esters is 1. The SMILES string of the molecule is C[C@@H]1O[C@@H](O[C@H]2[C@H](O)[C@@H](C(=O)O)O[C@@H](O[C@H]3CC[C@]4(C)[C@H]5CC=C6[C@@H]7CC(C)(C)CC[C@]7(C(=O)O[C@@H]7O[C@H](C)[C@H](O)[C@H](O)[C@H]7O[C@@H]7O[C@@H](C)[C@H](O[C@@H]8OC[C@@H](O)[C@H](O[C@@H]9OC[C@@H](O)[C@H](O)[C@H]9O)[C@H]8O)[C@@H](O)[C@H]7O)[C@H](O)C[C@@]6(C)[C@]5(C)CC[C@H]4[C@]3(C)C=O)[C@@H]2O[C@@H]2O[C@H](CO)[C@H](O)[C@H](O)[C@H]2O)[C@H](O)[C@H](O)[C@H]1O. The van der Waals surface area contributed by atoms with Crippen molar-refractivity contribution in [3.8, 4) is 0 Å². The molecule has 0 amide bonds. The molecule has 0 aromatic rings. The Balaban J connectivity index is 0.779. The summed E-state index contributed by atoms with van der Waals surface area (Å²) in [7, 11) is 0. The lowest BCUT2D eigenvalue weighted by Gasteiger charge is -2.71. The van der Waals surface area contributed by atoms with Crippen LogP contribution in [0.25, 0.3) is 0 Å². The molecule has 0 radical (unpaired) electrons. The van der Waals surface area contributed by atoms with E-state index in [4.69, 9.17) is 66.3 Å². The first-order chi connectivity index (χ1) is 49.6. The van der Waals surface area contributed by atoms with Gasteiger partial charge in [-0.15, -0.1) is 0 Å². The van der Waals surface area contributed by atoms with Crippen molar-refractivity contribution >= 4 is 18.2 Å². The van der Waals surface area contributed by atoms with E-state index >= 15 is 4.79 Å². The number of aliphatic carboxylic acids is 1. The number of allylic oxidation sites excluding steroid dienone is 2. The first-order valence-corrected chi connectivity index (χ1v) is 36.9. The van der Waals surface area contributed by atoms with Crippen molar-refractivity contribution < 1.29 is 178 Å². The van der Waals surface area contributed by atoms with Gasteiger partial charge in [0.25, 0.3) is 0 Å². The van der Waals surface area contributed by atoms with Crippen LogP contribution in [0.1, 0.15) is 120 Å². The summed E-state index contributed by atoms with van der Waals surface area (Å²) in [5.41, 5.74) is -4.81. The van der Waals surface area contributed by atoms with Crippen LogP contribution in [0.5, 0.6) is 0 Å². The summed E-state index contributed by atoms with van der Waals surface area (Å²) >= 11 is 0. The molecule has 0 bridgehead atoms. The van der Waals surface area contributed by atoms with Crippen molar-refractivity contribution in [3.63, 3.8) is 0 Å². The largest absolute Gasteiger partial charge is 0.479 e. The van der Waals surface area contributed by atoms with Crippen LogP contribution < -0.4 is 0 Å². The van der Waals surface area contributed by atoms with Gasteiger partial charge in [0.2, 0.25) is 6.29 Å². The van der Waals surface area contributed by atoms with E-state index in [0.717, 1.165) is 11.9 Å². The molecule has 0 aromatic heterocycles. The van der Waals surface area contributed by atoms with E-state index in [-0.39, 0.29) is 25.2 Å². The summed E-state index contributed by atoms with van der Waals surface area (Å²) in [6, 6.07) is 0. The third-order valence-electron chi connectivity index (χ3n) is 26.8. The molecule has 11 fully saturated rings. The average Bonchev–Trinajstić information content (AvgIpc) is 0.670. The van der Waals surface area contributed by atoms with Gasteiger partial charge in [-0.05, 0) is 118 Å². The van der Waals surface area contributed by atoms with E-state index in [9.17, 15) is 107 Å². The molecular formula is C70H110O36. The van der Waals surface area contributed by atoms with Gasteiger partial charge >= 0.3 is 11.9 Å². The molecule has 7 aliphatic heterocycles. The number of hydrogen-bond acceptors (Lipinski definition) is 35. The highest BCUT2D eigenvalue weighted by Crippen LogP contribution is 2.76. The van der Waals surface area contributed by atoms with E-state index in [1.54, 1.807) is 6.92 Å². The molecule has 0 spiro atoms. The molecule has 7 saturated heterocycles. The number of rotatable bonds is 17. The number of carbonyl (C=O) groups is 3. The van der Waals surface area contributed by atoms with Gasteiger partial charge in [-0.3, -0.25) is 4.79 Å². The van der Waals surface area contributed by atoms with E-state index in [2.05, 4.69) is 40.7 Å². The van der Waals surface area contributed by atoms with Gasteiger partial charge in [0.05, 0.1) is 55.8 Å². The van der Waals surface area contributed by atoms with E-state index in [0.29, 0.717) is 38.5 Å². The Morgan fingerprint density at radius 3 is 1.67 bits per heavy atom. The smallest absolute Gasteiger partial charge is 0.335 e. The summed E-state index contributed by atoms with van der Waals surface area (Å²) < 4.78 is 83.8. The highest BCUT2D eigenvalue weighted by molar-refractivity contribution is 5.80. The Hall–Kier alpha value is -2.89. The number of carboxylic acids is 1. The highest BCUT2D eigenvalue weighted by Gasteiger charge is 2.73. The first kappa shape index (κ1) is 82.6. The average molecular weight is 1530 g/mol. The van der Waals surface area contributed by atoms with E-state index in [1.807, 2.05) is 0 Å². The Bertz CT molecular complexity index is 3120. The van der Waals surface area contributed by atoms with Crippen molar-refractivity contribution in [3.05, 3.63) is 11.6 Å². The number of aldehydes is 1. The zero-order chi connectivity index (χ0) is 77.5. The lowest BCUT2D eigenvalue weighted by molar-refractivity contribution is -0.394. The fraction of sp³-hybridized carbons (Fsp3) is 0.929. The molecule has 43 atom stereocenters. The number of aliphatic hydroxyl groups excluding tert-OH is 18. The van der Waals surface area contributed by atoms with Crippen LogP contribution in [-0.4, -0.2) is 350 Å². The van der Waals surface area contributed by atoms with Crippen LogP contribution in [0, 0.1) is 50.2 Å². The molecule has 7 heterocycles. The van der Waals surface area contributed by atoms with Crippen molar-refractivity contribution in [1.29, 1.82) is 0 Å². The summed E-state index contributed by atoms with van der Waals surface area (Å²) in [6.45, 7) is 14.5. The summed E-state index contributed by atoms with van der Waals surface area (Å²) in [6.07, 6.45) is -55.6. The van der Waals surface area contributed by atoms with Crippen LogP contribution in [0.4, 0.5) is 0 Å². The van der Waals surface area contributed by atoms with Crippen molar-refractivity contribution in [2.75, 3.05) is 19.8 Å². The number of ether oxygens (including phenoxy) is 14. The minimum absolute atomic E-state index is 0.0417. The number of carboxylic acid groups (broad SMARTS) is 1. The molecule has 19 N–H and O–H groups in total. The third-order valence-corrected chi connectivity index (χ3v) is 26.8.